The fourth-order valence-corrected chi connectivity index (χ4v) is 2.54. The van der Waals surface area contributed by atoms with Crippen LogP contribution in [0.3, 0.4) is 0 Å². The van der Waals surface area contributed by atoms with Crippen LogP contribution in [0.25, 0.3) is 0 Å². The summed E-state index contributed by atoms with van der Waals surface area (Å²) in [6, 6.07) is 8.18. The third-order valence-electron chi connectivity index (χ3n) is 3.12. The molecule has 0 fully saturated rings. The highest BCUT2D eigenvalue weighted by Crippen LogP contribution is 2.27. The largest absolute Gasteiger partial charge is 0.313 e. The molecule has 20 heavy (non-hydrogen) atoms. The molecule has 0 amide bonds. The van der Waals surface area contributed by atoms with Crippen LogP contribution >= 0.6 is 23.2 Å². The molecule has 0 heterocycles. The van der Waals surface area contributed by atoms with Crippen molar-refractivity contribution in [3.05, 3.63) is 69.2 Å². The molecule has 1 nitrogen and oxygen atoms in total. The monoisotopic (exact) mass is 315 g/mol. The van der Waals surface area contributed by atoms with Crippen molar-refractivity contribution < 1.29 is 8.78 Å². The van der Waals surface area contributed by atoms with Crippen LogP contribution in [0.15, 0.2) is 36.4 Å². The first kappa shape index (κ1) is 15.2. The third kappa shape index (κ3) is 3.48. The Hall–Kier alpha value is -1.16. The number of halogens is 4. The maximum atomic E-state index is 13.8. The van der Waals surface area contributed by atoms with Crippen LogP contribution in [-0.2, 0) is 6.42 Å². The van der Waals surface area contributed by atoms with Crippen molar-refractivity contribution in [3.8, 4) is 0 Å². The van der Waals surface area contributed by atoms with Crippen LogP contribution in [0.5, 0.6) is 0 Å². The normalized spacial score (nSPS) is 12.4. The van der Waals surface area contributed by atoms with Gasteiger partial charge in [0.05, 0.1) is 0 Å². The van der Waals surface area contributed by atoms with Gasteiger partial charge in [0.25, 0.3) is 0 Å². The van der Waals surface area contributed by atoms with Crippen LogP contribution in [0.4, 0.5) is 8.78 Å². The summed E-state index contributed by atoms with van der Waals surface area (Å²) in [5.74, 6) is -0.917. The molecule has 0 saturated heterocycles. The number of hydrogen-bond donors (Lipinski definition) is 1. The zero-order valence-corrected chi connectivity index (χ0v) is 12.3. The van der Waals surface area contributed by atoms with Crippen LogP contribution in [0.2, 0.25) is 10.0 Å². The number of rotatable bonds is 4. The predicted octanol–water partition coefficient (Wildman–Crippen LogP) is 4.77. The van der Waals surface area contributed by atoms with Gasteiger partial charge >= 0.3 is 0 Å². The van der Waals surface area contributed by atoms with Gasteiger partial charge in [0.2, 0.25) is 0 Å². The molecule has 106 valence electrons. The van der Waals surface area contributed by atoms with Crippen molar-refractivity contribution in [1.82, 2.24) is 5.32 Å². The molecule has 5 heteroatoms. The van der Waals surface area contributed by atoms with Gasteiger partial charge in [-0.3, -0.25) is 0 Å². The highest BCUT2D eigenvalue weighted by molar-refractivity contribution is 6.35. The maximum absolute atomic E-state index is 13.8. The minimum Gasteiger partial charge on any atom is -0.313 e. The van der Waals surface area contributed by atoms with E-state index in [4.69, 9.17) is 23.2 Å². The molecule has 2 aromatic rings. The zero-order valence-electron chi connectivity index (χ0n) is 10.8. The van der Waals surface area contributed by atoms with Gasteiger partial charge in [0.1, 0.15) is 11.6 Å². The molecule has 2 rings (SSSR count). The van der Waals surface area contributed by atoms with Gasteiger partial charge in [-0.2, -0.15) is 0 Å². The number of likely N-dealkylation sites (N-methyl/N-ethyl adjacent to an activating group) is 1. The summed E-state index contributed by atoms with van der Waals surface area (Å²) >= 11 is 11.9. The summed E-state index contributed by atoms with van der Waals surface area (Å²) in [6.45, 7) is 0. The third-order valence-corrected chi connectivity index (χ3v) is 3.71. The van der Waals surface area contributed by atoms with E-state index >= 15 is 0 Å². The second-order valence-corrected chi connectivity index (χ2v) is 5.29. The molecule has 0 aliphatic carbocycles. The van der Waals surface area contributed by atoms with E-state index in [2.05, 4.69) is 5.32 Å². The second-order valence-electron chi connectivity index (χ2n) is 4.45. The fraction of sp³-hybridized carbons (Fsp3) is 0.200. The Morgan fingerprint density at radius 1 is 1.10 bits per heavy atom. The predicted molar refractivity (Wildman–Crippen MR) is 78.3 cm³/mol. The highest BCUT2D eigenvalue weighted by atomic mass is 35.5. The van der Waals surface area contributed by atoms with Gasteiger partial charge < -0.3 is 5.32 Å². The molecule has 0 aromatic heterocycles. The molecule has 2 aromatic carbocycles. The van der Waals surface area contributed by atoms with Gasteiger partial charge in [0, 0.05) is 21.7 Å². The van der Waals surface area contributed by atoms with Crippen molar-refractivity contribution in [1.29, 1.82) is 0 Å². The summed E-state index contributed by atoms with van der Waals surface area (Å²) in [5.41, 5.74) is 1.09. The molecule has 1 unspecified atom stereocenters. The number of benzene rings is 2. The zero-order chi connectivity index (χ0) is 14.7. The molecular formula is C15H13Cl2F2N. The van der Waals surface area contributed by atoms with Gasteiger partial charge in [-0.25, -0.2) is 8.78 Å². The fourth-order valence-electron chi connectivity index (χ4n) is 2.06. The molecule has 1 N–H and O–H groups in total. The van der Waals surface area contributed by atoms with Gasteiger partial charge in [-0.15, -0.1) is 0 Å². The average Bonchev–Trinajstić information content (AvgIpc) is 2.41. The van der Waals surface area contributed by atoms with Gasteiger partial charge in [-0.1, -0.05) is 29.3 Å². The highest BCUT2D eigenvalue weighted by Gasteiger charge is 2.17. The summed E-state index contributed by atoms with van der Waals surface area (Å²) in [5, 5.41) is 4.03. The van der Waals surface area contributed by atoms with Crippen molar-refractivity contribution >= 4 is 23.2 Å². The van der Waals surface area contributed by atoms with Gasteiger partial charge in [0.15, 0.2) is 0 Å². The Morgan fingerprint density at radius 3 is 2.50 bits per heavy atom. The first-order valence-electron chi connectivity index (χ1n) is 6.07. The summed E-state index contributed by atoms with van der Waals surface area (Å²) in [7, 11) is 1.69. The van der Waals surface area contributed by atoms with Crippen molar-refractivity contribution in [3.63, 3.8) is 0 Å². The second kappa shape index (κ2) is 6.53. The molecule has 0 radical (unpaired) electrons. The Bertz CT molecular complexity index is 617. The van der Waals surface area contributed by atoms with Crippen LogP contribution < -0.4 is 5.32 Å². The molecule has 0 spiro atoms. The lowest BCUT2D eigenvalue weighted by Crippen LogP contribution is -2.20. The molecule has 0 aliphatic heterocycles. The van der Waals surface area contributed by atoms with E-state index < -0.39 is 11.6 Å². The standard InChI is InChI=1S/C15H13Cl2F2N/c1-20-15(12-8-11(18)4-5-14(12)19)6-9-2-3-10(16)7-13(9)17/h2-5,7-8,15,20H,6H2,1H3. The minimum absolute atomic E-state index is 0.276. The first-order valence-corrected chi connectivity index (χ1v) is 6.83. The maximum Gasteiger partial charge on any atom is 0.128 e. The molecule has 1 atom stereocenters. The van der Waals surface area contributed by atoms with Crippen LogP contribution in [0, 0.1) is 11.6 Å². The minimum atomic E-state index is -0.469. The first-order chi connectivity index (χ1) is 9.51. The lowest BCUT2D eigenvalue weighted by atomic mass is 9.98. The quantitative estimate of drug-likeness (QED) is 0.856. The molecule has 0 bridgehead atoms. The van der Waals surface area contributed by atoms with E-state index in [1.54, 1.807) is 25.2 Å². The van der Waals surface area contributed by atoms with Crippen molar-refractivity contribution in [2.24, 2.45) is 0 Å². The Kier molecular flexibility index (Phi) is 4.97. The lowest BCUT2D eigenvalue weighted by molar-refractivity contribution is 0.523. The van der Waals surface area contributed by atoms with E-state index in [9.17, 15) is 8.78 Å². The van der Waals surface area contributed by atoms with Gasteiger partial charge in [-0.05, 0) is 49.4 Å². The van der Waals surface area contributed by atoms with Crippen LogP contribution in [-0.4, -0.2) is 7.05 Å². The average molecular weight is 316 g/mol. The molecule has 0 saturated carbocycles. The lowest BCUT2D eigenvalue weighted by Gasteiger charge is -2.18. The van der Waals surface area contributed by atoms with E-state index in [1.165, 1.54) is 6.07 Å². The number of nitrogens with one attached hydrogen (secondary N) is 1. The summed E-state index contributed by atoms with van der Waals surface area (Å²) in [6.07, 6.45) is 0.437. The molecular weight excluding hydrogens is 303 g/mol. The summed E-state index contributed by atoms with van der Waals surface area (Å²) in [4.78, 5) is 0. The van der Waals surface area contributed by atoms with Crippen LogP contribution in [0.1, 0.15) is 17.2 Å². The SMILES string of the molecule is CNC(Cc1ccc(Cl)cc1Cl)c1cc(F)ccc1F. The van der Waals surface area contributed by atoms with E-state index in [0.717, 1.165) is 17.7 Å². The van der Waals surface area contributed by atoms with E-state index in [0.29, 0.717) is 16.5 Å². The molecule has 0 aliphatic rings. The van der Waals surface area contributed by atoms with E-state index in [-0.39, 0.29) is 11.6 Å². The van der Waals surface area contributed by atoms with Crippen molar-refractivity contribution in [2.45, 2.75) is 12.5 Å². The summed E-state index contributed by atoms with van der Waals surface area (Å²) < 4.78 is 27.1. The Labute approximate surface area is 126 Å². The number of hydrogen-bond acceptors (Lipinski definition) is 1. The Morgan fingerprint density at radius 2 is 1.85 bits per heavy atom. The Balaban J connectivity index is 2.31. The smallest absolute Gasteiger partial charge is 0.128 e. The van der Waals surface area contributed by atoms with Crippen molar-refractivity contribution in [2.75, 3.05) is 7.05 Å². The topological polar surface area (TPSA) is 12.0 Å². The van der Waals surface area contributed by atoms with E-state index in [1.807, 2.05) is 0 Å².